The van der Waals surface area contributed by atoms with Gasteiger partial charge in [0.25, 0.3) is 0 Å². The molecule has 0 fully saturated rings. The fraction of sp³-hybridized carbons (Fsp3) is 0.355. The van der Waals surface area contributed by atoms with Crippen molar-refractivity contribution in [2.45, 2.75) is 39.0 Å². The molecule has 0 spiro atoms. The van der Waals surface area contributed by atoms with Gasteiger partial charge < -0.3 is 29.9 Å². The van der Waals surface area contributed by atoms with Crippen LogP contribution in [0.25, 0.3) is 0 Å². The number of allylic oxidation sites excluding steroid dienone is 2. The summed E-state index contributed by atoms with van der Waals surface area (Å²) in [6, 6.07) is 11.1. The number of aliphatic hydroxyl groups is 2. The topological polar surface area (TPSA) is 158 Å². The highest BCUT2D eigenvalue weighted by molar-refractivity contribution is 9.10. The molecular weight excluding hydrogens is 688 g/mol. The van der Waals surface area contributed by atoms with Crippen molar-refractivity contribution >= 4 is 56.2 Å². The van der Waals surface area contributed by atoms with Crippen molar-refractivity contribution in [2.24, 2.45) is 15.9 Å². The number of halogens is 2. The fourth-order valence-electron chi connectivity index (χ4n) is 4.58. The second kappa shape index (κ2) is 17.7. The molecule has 0 atom stereocenters. The van der Waals surface area contributed by atoms with Crippen LogP contribution in [-0.4, -0.2) is 71.2 Å². The van der Waals surface area contributed by atoms with Crippen LogP contribution in [0.2, 0.25) is 0 Å². The lowest BCUT2D eigenvalue weighted by Gasteiger charge is -2.39. The van der Waals surface area contributed by atoms with Crippen LogP contribution < -0.4 is 9.47 Å². The van der Waals surface area contributed by atoms with Crippen molar-refractivity contribution in [1.29, 1.82) is 0 Å². The minimum absolute atomic E-state index is 0.113. The standard InChI is InChI=1S/C31H36Br2N2O8/c1-4-34-25(29(38)39)10-6-20(7-11-26(30(40)41)35-5-2)31(3,21-8-12-27(23(32)18-21)42-16-14-36)22-9-13-28(24(33)19-22)43-17-15-37/h4-5,8-13,18-20,36-37H,6-7,14-17H2,1-3H3,(H,38,39)(H,40,41). The number of aliphatic hydroxyl groups excluding tert-OH is 2. The largest absolute Gasteiger partial charge is 0.490 e. The van der Waals surface area contributed by atoms with Crippen LogP contribution in [0.5, 0.6) is 11.5 Å². The molecule has 0 saturated heterocycles. The second-order valence-corrected chi connectivity index (χ2v) is 11.1. The van der Waals surface area contributed by atoms with E-state index < -0.39 is 23.3 Å². The monoisotopic (exact) mass is 722 g/mol. The number of hydrogen-bond acceptors (Lipinski definition) is 8. The van der Waals surface area contributed by atoms with Crippen molar-refractivity contribution in [1.82, 2.24) is 0 Å². The zero-order valence-corrected chi connectivity index (χ0v) is 27.3. The summed E-state index contributed by atoms with van der Waals surface area (Å²) in [4.78, 5) is 31.8. The summed E-state index contributed by atoms with van der Waals surface area (Å²) >= 11 is 7.15. The first-order valence-electron chi connectivity index (χ1n) is 13.4. The Labute approximate surface area is 267 Å². The predicted octanol–water partition coefficient (Wildman–Crippen LogP) is 5.77. The Balaban J connectivity index is 2.86. The van der Waals surface area contributed by atoms with E-state index in [4.69, 9.17) is 9.47 Å². The molecule has 0 radical (unpaired) electrons. The molecule has 0 aliphatic carbocycles. The predicted molar refractivity (Wildman–Crippen MR) is 172 cm³/mol. The molecule has 10 nitrogen and oxygen atoms in total. The van der Waals surface area contributed by atoms with Gasteiger partial charge in [0.15, 0.2) is 0 Å². The number of benzene rings is 2. The smallest absolute Gasteiger partial charge is 0.354 e. The zero-order valence-electron chi connectivity index (χ0n) is 24.2. The van der Waals surface area contributed by atoms with E-state index in [1.807, 2.05) is 31.2 Å². The zero-order chi connectivity index (χ0) is 32.0. The lowest BCUT2D eigenvalue weighted by molar-refractivity contribution is -0.133. The van der Waals surface area contributed by atoms with Gasteiger partial charge in [0.05, 0.1) is 22.2 Å². The number of rotatable bonds is 17. The van der Waals surface area contributed by atoms with Gasteiger partial charge in [0.2, 0.25) is 0 Å². The molecule has 4 N–H and O–H groups in total. The third kappa shape index (κ3) is 9.85. The van der Waals surface area contributed by atoms with Crippen molar-refractivity contribution in [2.75, 3.05) is 26.4 Å². The molecule has 0 amide bonds. The van der Waals surface area contributed by atoms with E-state index in [9.17, 15) is 30.0 Å². The Morgan fingerprint density at radius 2 is 1.21 bits per heavy atom. The Bertz CT molecular complexity index is 1290. The number of aliphatic carboxylic acids is 2. The van der Waals surface area contributed by atoms with Crippen molar-refractivity contribution < 1.29 is 39.5 Å². The van der Waals surface area contributed by atoms with E-state index in [1.165, 1.54) is 24.6 Å². The normalized spacial score (nSPS) is 13.5. The summed E-state index contributed by atoms with van der Waals surface area (Å²) in [5.74, 6) is -1.71. The number of aliphatic imine (C=N–C) groups is 2. The van der Waals surface area contributed by atoms with Gasteiger partial charge in [-0.25, -0.2) is 9.59 Å². The van der Waals surface area contributed by atoms with Crippen LogP contribution in [0.4, 0.5) is 0 Å². The number of carboxylic acids is 2. The number of carbonyl (C=O) groups is 2. The van der Waals surface area contributed by atoms with Crippen LogP contribution >= 0.6 is 31.9 Å². The molecule has 232 valence electrons. The Kier molecular flexibility index (Phi) is 14.8. The summed E-state index contributed by atoms with van der Waals surface area (Å²) in [6.45, 7) is 5.17. The van der Waals surface area contributed by atoms with Gasteiger partial charge in [-0.3, -0.25) is 9.98 Å². The number of carboxylic acid groups (broad SMARTS) is 2. The van der Waals surface area contributed by atoms with Gasteiger partial charge in [-0.2, -0.15) is 0 Å². The third-order valence-corrected chi connectivity index (χ3v) is 7.98. The van der Waals surface area contributed by atoms with Gasteiger partial charge in [0.1, 0.15) is 36.1 Å². The molecule has 2 aromatic carbocycles. The molecule has 0 bridgehead atoms. The minimum atomic E-state index is -1.18. The summed E-state index contributed by atoms with van der Waals surface area (Å²) in [7, 11) is 0. The molecule has 0 aromatic heterocycles. The lowest BCUT2D eigenvalue weighted by atomic mass is 9.65. The molecule has 0 saturated carbocycles. The average Bonchev–Trinajstić information content (AvgIpc) is 2.97. The summed E-state index contributed by atoms with van der Waals surface area (Å²) in [6.07, 6.45) is 6.30. The molecule has 2 rings (SSSR count). The van der Waals surface area contributed by atoms with E-state index >= 15 is 0 Å². The highest BCUT2D eigenvalue weighted by Gasteiger charge is 2.38. The molecule has 0 unspecified atom stereocenters. The van der Waals surface area contributed by atoms with Crippen molar-refractivity contribution in [3.63, 3.8) is 0 Å². The maximum Gasteiger partial charge on any atom is 0.354 e. The summed E-state index contributed by atoms with van der Waals surface area (Å²) < 4.78 is 12.5. The molecular formula is C31H36Br2N2O8. The van der Waals surface area contributed by atoms with Crippen molar-refractivity contribution in [3.05, 3.63) is 80.0 Å². The quantitative estimate of drug-likeness (QED) is 0.118. The van der Waals surface area contributed by atoms with Gasteiger partial charge in [-0.15, -0.1) is 0 Å². The first kappa shape index (κ1) is 35.9. The Morgan fingerprint density at radius 1 is 0.814 bits per heavy atom. The highest BCUT2D eigenvalue weighted by atomic mass is 79.9. The van der Waals surface area contributed by atoms with Gasteiger partial charge in [0, 0.05) is 17.8 Å². The van der Waals surface area contributed by atoms with Gasteiger partial charge >= 0.3 is 11.9 Å². The van der Waals surface area contributed by atoms with Gasteiger partial charge in [-0.1, -0.05) is 31.2 Å². The lowest BCUT2D eigenvalue weighted by Crippen LogP contribution is -2.33. The third-order valence-electron chi connectivity index (χ3n) is 6.74. The van der Waals surface area contributed by atoms with E-state index in [2.05, 4.69) is 41.8 Å². The molecule has 0 aliphatic heterocycles. The van der Waals surface area contributed by atoms with E-state index in [0.29, 0.717) is 20.4 Å². The number of nitrogens with zero attached hydrogens (tertiary/aromatic N) is 2. The SMILES string of the molecule is CC=NC(=CCC(CC=C(N=CC)C(=O)O)C(C)(c1ccc(OCCO)c(Br)c1)c1ccc(OCCO)c(Br)c1)C(=O)O. The van der Waals surface area contributed by atoms with Crippen LogP contribution in [0.15, 0.2) is 78.9 Å². The fourth-order valence-corrected chi connectivity index (χ4v) is 5.56. The minimum Gasteiger partial charge on any atom is -0.490 e. The van der Waals surface area contributed by atoms with E-state index in [-0.39, 0.29) is 50.7 Å². The maximum atomic E-state index is 11.9. The van der Waals surface area contributed by atoms with Crippen LogP contribution in [-0.2, 0) is 15.0 Å². The number of hydrogen-bond donors (Lipinski definition) is 4. The van der Waals surface area contributed by atoms with Crippen LogP contribution in [0.1, 0.15) is 44.7 Å². The summed E-state index contributed by atoms with van der Waals surface area (Å²) in [5.41, 5.74) is 0.538. The molecule has 43 heavy (non-hydrogen) atoms. The average molecular weight is 724 g/mol. The Hall–Kier alpha value is -3.32. The Morgan fingerprint density at radius 3 is 1.51 bits per heavy atom. The molecule has 0 heterocycles. The van der Waals surface area contributed by atoms with E-state index in [1.54, 1.807) is 26.0 Å². The maximum absolute atomic E-state index is 11.9. The second-order valence-electron chi connectivity index (χ2n) is 9.37. The van der Waals surface area contributed by atoms with E-state index in [0.717, 1.165) is 11.1 Å². The first-order chi connectivity index (χ1) is 20.5. The highest BCUT2D eigenvalue weighted by Crippen LogP contribution is 2.46. The van der Waals surface area contributed by atoms with Crippen molar-refractivity contribution in [3.8, 4) is 11.5 Å². The van der Waals surface area contributed by atoms with Crippen LogP contribution in [0.3, 0.4) is 0 Å². The van der Waals surface area contributed by atoms with Crippen LogP contribution in [0, 0.1) is 5.92 Å². The summed E-state index contributed by atoms with van der Waals surface area (Å²) in [5, 5.41) is 37.9. The molecule has 12 heteroatoms. The first-order valence-corrected chi connectivity index (χ1v) is 15.0. The van der Waals surface area contributed by atoms with Gasteiger partial charge in [-0.05, 0) is 99.9 Å². The number of ether oxygens (including phenoxy) is 2. The molecule has 0 aliphatic rings. The molecule has 2 aromatic rings.